The van der Waals surface area contributed by atoms with Gasteiger partial charge in [-0.1, -0.05) is 213 Å². The Morgan fingerprint density at radius 3 is 1.02 bits per heavy atom. The molecule has 1 N–H and O–H groups in total. The number of hydrogen-bond donors (Lipinski definition) is 1. The fraction of sp³-hybridized carbons (Fsp3) is 0.137. The van der Waals surface area contributed by atoms with Crippen molar-refractivity contribution in [2.75, 3.05) is 15.1 Å². The quantitative estimate of drug-likeness (QED) is 0.105. The highest BCUT2D eigenvalue weighted by Crippen LogP contribution is 2.48. The molecular weight excluding hydrogens is 1470 g/mol. The number of nitrogens with one attached hydrogen (secondary N) is 1. The smallest absolute Gasteiger partial charge is 0.456 e. The van der Waals surface area contributed by atoms with Gasteiger partial charge in [0.05, 0.1) is 0 Å². The Bertz CT molecular complexity index is 7140. The van der Waals surface area contributed by atoms with Gasteiger partial charge in [0.1, 0.15) is 50.4 Å². The average molecular weight is 1550 g/mol. The van der Waals surface area contributed by atoms with Crippen molar-refractivity contribution in [1.29, 1.82) is 0 Å². The van der Waals surface area contributed by atoms with Crippen LogP contribution in [0.1, 0.15) is 84.6 Å². The van der Waals surface area contributed by atoms with E-state index in [1.165, 1.54) is 57.5 Å². The summed E-state index contributed by atoms with van der Waals surface area (Å²) in [7, 11) is -5.77. The number of benzene rings is 16. The number of aryl methyl sites for hydroxylation is 1. The highest BCUT2D eigenvalue weighted by molar-refractivity contribution is 7.88. The minimum absolute atomic E-state index is 0.0359. The van der Waals surface area contributed by atoms with Gasteiger partial charge in [-0.05, 0) is 247 Å². The predicted octanol–water partition coefficient (Wildman–Crippen LogP) is 30.4. The molecule has 116 heavy (non-hydrogen) atoms. The molecule has 0 amide bonds. The van der Waals surface area contributed by atoms with E-state index in [-0.39, 0.29) is 16.2 Å². The van der Waals surface area contributed by atoms with Gasteiger partial charge in [0.25, 0.3) is 0 Å². The molecule has 4 heterocycles. The normalized spacial score (nSPS) is 12.4. The molecule has 0 bridgehead atoms. The van der Waals surface area contributed by atoms with Crippen molar-refractivity contribution in [2.45, 2.75) is 91.0 Å². The summed E-state index contributed by atoms with van der Waals surface area (Å²) in [6.45, 7) is 22.4. The second-order valence-corrected chi connectivity index (χ2v) is 34.6. The lowest BCUT2D eigenvalue weighted by Crippen LogP contribution is -2.28. The molecule has 4 aromatic heterocycles. The van der Waals surface area contributed by atoms with Crippen LogP contribution in [0.2, 0.25) is 0 Å². The second kappa shape index (κ2) is 28.4. The maximum Gasteiger partial charge on any atom is 0.534 e. The van der Waals surface area contributed by atoms with Crippen LogP contribution in [0.5, 0.6) is 5.75 Å². The van der Waals surface area contributed by atoms with E-state index in [4.69, 9.17) is 17.7 Å². The van der Waals surface area contributed by atoms with Crippen molar-refractivity contribution >= 4 is 186 Å². The van der Waals surface area contributed by atoms with Gasteiger partial charge in [-0.25, -0.2) is 0 Å². The Morgan fingerprint density at radius 1 is 0.302 bits per heavy atom. The van der Waals surface area contributed by atoms with Crippen LogP contribution in [-0.2, 0) is 26.4 Å². The molecule has 0 fully saturated rings. The monoisotopic (exact) mass is 1550 g/mol. The van der Waals surface area contributed by atoms with Gasteiger partial charge in [0.2, 0.25) is 0 Å². The number of anilines is 8. The van der Waals surface area contributed by atoms with Crippen LogP contribution < -0.4 is 19.3 Å². The van der Waals surface area contributed by atoms with Gasteiger partial charge < -0.3 is 37.0 Å². The summed E-state index contributed by atoms with van der Waals surface area (Å²) in [5, 5.41) is 19.1. The number of fused-ring (bicyclic) bond motifs is 16. The first-order valence-electron chi connectivity index (χ1n) is 38.8. The molecule has 0 atom stereocenters. The summed E-state index contributed by atoms with van der Waals surface area (Å²) >= 11 is 0. The van der Waals surface area contributed by atoms with Crippen LogP contribution >= 0.6 is 0 Å². The van der Waals surface area contributed by atoms with Crippen molar-refractivity contribution < 1.29 is 43.4 Å². The molecule has 0 spiro atoms. The Labute approximate surface area is 669 Å². The second-order valence-electron chi connectivity index (χ2n) is 33.1. The van der Waals surface area contributed by atoms with Gasteiger partial charge >= 0.3 is 15.6 Å². The lowest BCUT2D eigenvalue weighted by Gasteiger charge is -2.32. The maximum atomic E-state index is 12.7. The van der Waals surface area contributed by atoms with E-state index in [0.717, 1.165) is 132 Å². The van der Waals surface area contributed by atoms with Crippen LogP contribution in [0.4, 0.5) is 58.7 Å². The molecule has 0 saturated heterocycles. The predicted molar refractivity (Wildman–Crippen MR) is 474 cm³/mol. The van der Waals surface area contributed by atoms with Crippen molar-refractivity contribution in [1.82, 2.24) is 0 Å². The third-order valence-corrected chi connectivity index (χ3v) is 22.8. The molecule has 0 unspecified atom stereocenters. The zero-order chi connectivity index (χ0) is 80.3. The minimum Gasteiger partial charge on any atom is -0.456 e. The van der Waals surface area contributed by atoms with Gasteiger partial charge in [0, 0.05) is 88.6 Å². The molecule has 0 aliphatic rings. The van der Waals surface area contributed by atoms with Crippen LogP contribution in [0.25, 0.3) is 131 Å². The van der Waals surface area contributed by atoms with Crippen molar-refractivity contribution in [3.63, 3.8) is 0 Å². The van der Waals surface area contributed by atoms with E-state index in [2.05, 4.69) is 324 Å². The van der Waals surface area contributed by atoms with Gasteiger partial charge in [-0.3, -0.25) is 0 Å². The lowest BCUT2D eigenvalue weighted by atomic mass is 9.85. The zero-order valence-electron chi connectivity index (χ0n) is 65.7. The van der Waals surface area contributed by atoms with Crippen LogP contribution in [0.15, 0.2) is 327 Å². The van der Waals surface area contributed by atoms with E-state index in [1.807, 2.05) is 49.4 Å². The summed E-state index contributed by atoms with van der Waals surface area (Å²) in [4.78, 5) is 4.75. The first-order valence-corrected chi connectivity index (χ1v) is 40.2. The number of halogens is 3. The highest BCUT2D eigenvalue weighted by atomic mass is 32.2. The number of hydrogen-bond acceptors (Lipinski definition) is 10. The molecule has 574 valence electrons. The SMILES string of the molecule is CC(C)(C)c1ccccc1N(c1ccccc1)c1ccc2cc3c(cc2c1)oc1cc2c(cc13)oc1cc3cc(N(c4ccccc4)c4ccccc4C(C)(C)C)ccc3cc12.CC(C)(C)c1ccccc1Nc1ccccc1.Cc1ccc2cc3c(cc2c1)oc1cc2c(cc13)oc1cc3cc(OS(=O)(=O)C(F)(F)F)ccc3cc12. The number of para-hydroxylation sites is 6. The molecule has 16 aromatic carbocycles. The number of rotatable bonds is 10. The Balaban J connectivity index is 0.000000144. The van der Waals surface area contributed by atoms with E-state index in [0.29, 0.717) is 27.5 Å². The summed E-state index contributed by atoms with van der Waals surface area (Å²) < 4.78 is 90.9. The zero-order valence-corrected chi connectivity index (χ0v) is 66.6. The Morgan fingerprint density at radius 2 is 0.621 bits per heavy atom. The van der Waals surface area contributed by atoms with Gasteiger partial charge in [0.15, 0.2) is 0 Å². The molecular formula is C102H82F3N3O7S. The molecule has 0 radical (unpaired) electrons. The van der Waals surface area contributed by atoms with Crippen LogP contribution in [-0.4, -0.2) is 13.9 Å². The van der Waals surface area contributed by atoms with E-state index in [1.54, 1.807) is 6.07 Å². The van der Waals surface area contributed by atoms with E-state index < -0.39 is 21.4 Å². The van der Waals surface area contributed by atoms with Crippen molar-refractivity contribution in [3.05, 3.63) is 332 Å². The van der Waals surface area contributed by atoms with Crippen molar-refractivity contribution in [3.8, 4) is 5.75 Å². The summed E-state index contributed by atoms with van der Waals surface area (Å²) in [6.07, 6.45) is 0. The standard InChI is InChI=1S/C58H48N2O2.C28H15F3O5S.C16H19N/c1-57(2,3)49-21-13-15-23-51(49)59(41-17-9-7-10-18-41)43-27-25-37-31-45-47-35-56-48(36-55(47)61-53(45)33-39(37)29-43)46-32-38-26-28-44(30-40(38)34-54(46)62-56)60(42-19-11-8-12-20-42)52-24-16-14-22-50(52)58(4,5)6;1-14-2-3-15-8-20-22-12-27-23(13-26(22)34-24(20)10-17(15)6-14)21-9-16-4-5-19(7-18(16)11-25(21)35-27)36-37(32,33)28(29,30)31;1-16(2,3)14-11-7-8-12-15(14)17-13-9-5-4-6-10-13/h7-36H,1-6H3;2-13H,1H3;4-12,17H,1-3H3. The molecule has 0 saturated carbocycles. The molecule has 20 aromatic rings. The first-order chi connectivity index (χ1) is 55.6. The van der Waals surface area contributed by atoms with Gasteiger partial charge in [-0.15, -0.1) is 0 Å². The average Bonchev–Trinajstić information content (AvgIpc) is 1.58. The summed E-state index contributed by atoms with van der Waals surface area (Å²) in [5.41, 5.74) is 14.8. The number of nitrogens with zero attached hydrogens (tertiary/aromatic N) is 2. The first kappa shape index (κ1) is 74.1. The topological polar surface area (TPSA) is 114 Å². The fourth-order valence-electron chi connectivity index (χ4n) is 16.2. The summed E-state index contributed by atoms with van der Waals surface area (Å²) in [5.74, 6) is -0.438. The lowest BCUT2D eigenvalue weighted by molar-refractivity contribution is -0.0500. The molecule has 10 nitrogen and oxygen atoms in total. The van der Waals surface area contributed by atoms with Gasteiger partial charge in [-0.2, -0.15) is 21.6 Å². The highest BCUT2D eigenvalue weighted by Gasteiger charge is 2.48. The molecule has 0 aliphatic carbocycles. The third kappa shape index (κ3) is 14.0. The summed E-state index contributed by atoms with van der Waals surface area (Å²) in [6, 6.07) is 106. The van der Waals surface area contributed by atoms with Crippen LogP contribution in [0.3, 0.4) is 0 Å². The fourth-order valence-corrected chi connectivity index (χ4v) is 16.6. The largest absolute Gasteiger partial charge is 0.534 e. The Kier molecular flexibility index (Phi) is 18.1. The third-order valence-electron chi connectivity index (χ3n) is 21.8. The molecule has 0 aliphatic heterocycles. The van der Waals surface area contributed by atoms with E-state index >= 15 is 0 Å². The number of furan rings is 4. The number of alkyl halides is 3. The maximum absolute atomic E-state index is 12.7. The molecule has 14 heteroatoms. The van der Waals surface area contributed by atoms with Crippen molar-refractivity contribution in [2.24, 2.45) is 0 Å². The Hall–Kier alpha value is -13.3. The van der Waals surface area contributed by atoms with Crippen LogP contribution in [0, 0.1) is 6.92 Å². The van der Waals surface area contributed by atoms with E-state index in [9.17, 15) is 21.6 Å². The molecule has 20 rings (SSSR count). The minimum atomic E-state index is -5.77.